The minimum atomic E-state index is 0.641. The largest absolute Gasteiger partial charge is 0.338 e. The Bertz CT molecular complexity index is 768. The molecule has 0 bridgehead atoms. The summed E-state index contributed by atoms with van der Waals surface area (Å²) in [6.45, 7) is 4.29. The first kappa shape index (κ1) is 14.8. The third kappa shape index (κ3) is 3.26. The molecule has 0 atom stereocenters. The zero-order valence-electron chi connectivity index (χ0n) is 13.2. The number of nitrogens with zero attached hydrogens (tertiary/aromatic N) is 6. The fraction of sp³-hybridized carbons (Fsp3) is 0.294. The van der Waals surface area contributed by atoms with Crippen LogP contribution in [0.3, 0.4) is 0 Å². The molecule has 7 nitrogen and oxygen atoms in total. The van der Waals surface area contributed by atoms with Crippen molar-refractivity contribution in [3.63, 3.8) is 0 Å². The summed E-state index contributed by atoms with van der Waals surface area (Å²) in [6, 6.07) is 11.7. The first-order valence-electron chi connectivity index (χ1n) is 8.01. The molecule has 1 aliphatic rings. The maximum absolute atomic E-state index is 5.39. The highest BCUT2D eigenvalue weighted by molar-refractivity contribution is 5.53. The lowest BCUT2D eigenvalue weighted by Gasteiger charge is -2.33. The third-order valence-corrected chi connectivity index (χ3v) is 4.07. The van der Waals surface area contributed by atoms with Crippen molar-refractivity contribution >= 4 is 5.95 Å². The van der Waals surface area contributed by atoms with Crippen molar-refractivity contribution in [1.29, 1.82) is 0 Å². The van der Waals surface area contributed by atoms with Crippen LogP contribution in [0.25, 0.3) is 11.4 Å². The Morgan fingerprint density at radius 3 is 2.42 bits per heavy atom. The van der Waals surface area contributed by atoms with Gasteiger partial charge in [0.05, 0.1) is 6.54 Å². The molecule has 1 aliphatic heterocycles. The number of anilines is 1. The molecule has 122 valence electrons. The Hall–Kier alpha value is -2.80. The minimum Gasteiger partial charge on any atom is -0.338 e. The van der Waals surface area contributed by atoms with E-state index < -0.39 is 0 Å². The lowest BCUT2D eigenvalue weighted by atomic mass is 10.2. The fourth-order valence-electron chi connectivity index (χ4n) is 2.78. The predicted molar refractivity (Wildman–Crippen MR) is 89.3 cm³/mol. The van der Waals surface area contributed by atoms with Crippen LogP contribution < -0.4 is 4.90 Å². The van der Waals surface area contributed by atoms with Crippen LogP contribution in [0.15, 0.2) is 53.3 Å². The average molecular weight is 322 g/mol. The summed E-state index contributed by atoms with van der Waals surface area (Å²) in [4.78, 5) is 17.6. The van der Waals surface area contributed by atoms with Gasteiger partial charge in [0.1, 0.15) is 0 Å². The van der Waals surface area contributed by atoms with Gasteiger partial charge in [-0.25, -0.2) is 9.97 Å². The van der Waals surface area contributed by atoms with Gasteiger partial charge >= 0.3 is 0 Å². The zero-order valence-corrected chi connectivity index (χ0v) is 13.2. The lowest BCUT2D eigenvalue weighted by molar-refractivity contribution is 0.214. The predicted octanol–water partition coefficient (Wildman–Crippen LogP) is 1.85. The van der Waals surface area contributed by atoms with Gasteiger partial charge in [-0.05, 0) is 6.07 Å². The monoisotopic (exact) mass is 322 g/mol. The topological polar surface area (TPSA) is 71.2 Å². The Kier molecular flexibility index (Phi) is 4.16. The third-order valence-electron chi connectivity index (χ3n) is 4.07. The van der Waals surface area contributed by atoms with E-state index in [4.69, 9.17) is 4.52 Å². The summed E-state index contributed by atoms with van der Waals surface area (Å²) >= 11 is 0. The summed E-state index contributed by atoms with van der Waals surface area (Å²) in [5.74, 6) is 2.08. The lowest BCUT2D eigenvalue weighted by Crippen LogP contribution is -2.46. The SMILES string of the molecule is c1ccc(-c2noc(CN3CCN(c4ncccn4)CC3)n2)cc1. The molecule has 0 unspecified atom stereocenters. The highest BCUT2D eigenvalue weighted by atomic mass is 16.5. The first-order chi connectivity index (χ1) is 11.9. The van der Waals surface area contributed by atoms with Crippen molar-refractivity contribution in [3.8, 4) is 11.4 Å². The summed E-state index contributed by atoms with van der Waals surface area (Å²) in [5, 5.41) is 4.07. The summed E-state index contributed by atoms with van der Waals surface area (Å²) in [7, 11) is 0. The molecule has 0 radical (unpaired) electrons. The molecular weight excluding hydrogens is 304 g/mol. The highest BCUT2D eigenvalue weighted by Gasteiger charge is 2.20. The Morgan fingerprint density at radius 2 is 1.67 bits per heavy atom. The van der Waals surface area contributed by atoms with Crippen LogP contribution in [0.5, 0.6) is 0 Å². The van der Waals surface area contributed by atoms with E-state index in [1.54, 1.807) is 12.4 Å². The van der Waals surface area contributed by atoms with Crippen LogP contribution in [0.4, 0.5) is 5.95 Å². The van der Waals surface area contributed by atoms with Crippen LogP contribution in [0.2, 0.25) is 0 Å². The van der Waals surface area contributed by atoms with Gasteiger partial charge < -0.3 is 9.42 Å². The molecule has 1 aromatic carbocycles. The molecule has 2 aromatic heterocycles. The summed E-state index contributed by atoms with van der Waals surface area (Å²) in [5.41, 5.74) is 0.971. The van der Waals surface area contributed by atoms with E-state index in [0.29, 0.717) is 18.3 Å². The van der Waals surface area contributed by atoms with Crippen LogP contribution in [-0.4, -0.2) is 51.2 Å². The number of rotatable bonds is 4. The van der Waals surface area contributed by atoms with Crippen LogP contribution in [0, 0.1) is 0 Å². The second-order valence-electron chi connectivity index (χ2n) is 5.69. The quantitative estimate of drug-likeness (QED) is 0.726. The second-order valence-corrected chi connectivity index (χ2v) is 5.69. The number of aromatic nitrogens is 4. The molecule has 3 aromatic rings. The van der Waals surface area contributed by atoms with Gasteiger partial charge in [-0.15, -0.1) is 0 Å². The standard InChI is InChI=1S/C17H18N6O/c1-2-5-14(6-3-1)16-20-15(24-21-16)13-22-9-11-23(12-10-22)17-18-7-4-8-19-17/h1-8H,9-13H2. The fourth-order valence-corrected chi connectivity index (χ4v) is 2.78. The number of benzene rings is 1. The van der Waals surface area contributed by atoms with E-state index in [1.807, 2.05) is 36.4 Å². The molecule has 0 spiro atoms. The number of piperazine rings is 1. The molecule has 24 heavy (non-hydrogen) atoms. The summed E-state index contributed by atoms with van der Waals surface area (Å²) in [6.07, 6.45) is 3.55. The van der Waals surface area contributed by atoms with Crippen molar-refractivity contribution in [2.45, 2.75) is 6.54 Å². The van der Waals surface area contributed by atoms with Gasteiger partial charge in [0.15, 0.2) is 0 Å². The minimum absolute atomic E-state index is 0.641. The molecule has 1 saturated heterocycles. The van der Waals surface area contributed by atoms with Crippen LogP contribution in [0.1, 0.15) is 5.89 Å². The van der Waals surface area contributed by atoms with Gasteiger partial charge in [-0.1, -0.05) is 35.5 Å². The zero-order chi connectivity index (χ0) is 16.2. The van der Waals surface area contributed by atoms with Gasteiger partial charge in [0.25, 0.3) is 0 Å². The molecule has 4 rings (SSSR count). The smallest absolute Gasteiger partial charge is 0.241 e. The first-order valence-corrected chi connectivity index (χ1v) is 8.01. The van der Waals surface area contributed by atoms with E-state index in [9.17, 15) is 0 Å². The second kappa shape index (κ2) is 6.76. The van der Waals surface area contributed by atoms with E-state index in [0.717, 1.165) is 37.7 Å². The van der Waals surface area contributed by atoms with Gasteiger partial charge in [0, 0.05) is 44.1 Å². The molecule has 1 fully saturated rings. The maximum Gasteiger partial charge on any atom is 0.241 e. The summed E-state index contributed by atoms with van der Waals surface area (Å²) < 4.78 is 5.39. The Morgan fingerprint density at radius 1 is 0.917 bits per heavy atom. The molecule has 3 heterocycles. The normalized spacial score (nSPS) is 15.6. The van der Waals surface area contributed by atoms with Crippen molar-refractivity contribution in [1.82, 2.24) is 25.0 Å². The van der Waals surface area contributed by atoms with E-state index in [1.165, 1.54) is 0 Å². The molecule has 0 amide bonds. The van der Waals surface area contributed by atoms with Gasteiger partial charge in [-0.2, -0.15) is 4.98 Å². The van der Waals surface area contributed by atoms with Crippen molar-refractivity contribution in [2.24, 2.45) is 0 Å². The highest BCUT2D eigenvalue weighted by Crippen LogP contribution is 2.16. The van der Waals surface area contributed by atoms with Crippen molar-refractivity contribution in [2.75, 3.05) is 31.1 Å². The van der Waals surface area contributed by atoms with E-state index in [2.05, 4.69) is 29.9 Å². The van der Waals surface area contributed by atoms with Crippen LogP contribution in [-0.2, 0) is 6.54 Å². The molecule has 0 aliphatic carbocycles. The Labute approximate surface area is 140 Å². The van der Waals surface area contributed by atoms with Crippen LogP contribution >= 0.6 is 0 Å². The van der Waals surface area contributed by atoms with E-state index >= 15 is 0 Å². The number of hydrogen-bond donors (Lipinski definition) is 0. The Balaban J connectivity index is 1.35. The molecule has 7 heteroatoms. The van der Waals surface area contributed by atoms with E-state index in [-0.39, 0.29) is 0 Å². The average Bonchev–Trinajstić information content (AvgIpc) is 3.12. The molecule has 0 N–H and O–H groups in total. The van der Waals surface area contributed by atoms with Crippen molar-refractivity contribution in [3.05, 3.63) is 54.7 Å². The van der Waals surface area contributed by atoms with Gasteiger partial charge in [-0.3, -0.25) is 4.90 Å². The number of hydrogen-bond acceptors (Lipinski definition) is 7. The molecular formula is C17H18N6O. The maximum atomic E-state index is 5.39. The van der Waals surface area contributed by atoms with Crippen molar-refractivity contribution < 1.29 is 4.52 Å². The molecule has 0 saturated carbocycles. The van der Waals surface area contributed by atoms with Gasteiger partial charge in [0.2, 0.25) is 17.7 Å².